The highest BCUT2D eigenvalue weighted by Crippen LogP contribution is 2.20. The van der Waals surface area contributed by atoms with Crippen LogP contribution >= 0.6 is 0 Å². The van der Waals surface area contributed by atoms with Gasteiger partial charge in [0.05, 0.1) is 11.7 Å². The fourth-order valence-corrected chi connectivity index (χ4v) is 3.03. The summed E-state index contributed by atoms with van der Waals surface area (Å²) in [6.45, 7) is 10.8. The van der Waals surface area contributed by atoms with Gasteiger partial charge in [-0.2, -0.15) is 0 Å². The van der Waals surface area contributed by atoms with Gasteiger partial charge in [0.2, 0.25) is 0 Å². The van der Waals surface area contributed by atoms with Crippen molar-refractivity contribution in [2.24, 2.45) is 5.92 Å². The van der Waals surface area contributed by atoms with Crippen LogP contribution in [0.25, 0.3) is 0 Å². The van der Waals surface area contributed by atoms with E-state index in [1.807, 2.05) is 13.8 Å². The molecule has 124 valence electrons. The Balaban J connectivity index is 1.80. The topological polar surface area (TPSA) is 65.7 Å². The number of aliphatic hydroxyl groups is 1. The Kier molecular flexibility index (Phi) is 5.64. The number of aryl methyl sites for hydroxylation is 2. The monoisotopic (exact) mass is 308 g/mol. The van der Waals surface area contributed by atoms with Gasteiger partial charge in [0.25, 0.3) is 5.91 Å². The molecule has 1 atom stereocenters. The molecule has 0 aliphatic carbocycles. The van der Waals surface area contributed by atoms with Crippen LogP contribution in [0.1, 0.15) is 47.2 Å². The van der Waals surface area contributed by atoms with Crippen LogP contribution in [0.2, 0.25) is 0 Å². The standard InChI is InChI=1S/C17H28N2O3/c1-11-5-7-19(8-6-11)10-15(20)9-18-17(21)16-12(2)13(3)22-14(16)4/h11,15,20H,5-10H2,1-4H3,(H,18,21). The summed E-state index contributed by atoms with van der Waals surface area (Å²) < 4.78 is 5.47. The number of furan rings is 1. The van der Waals surface area contributed by atoms with Crippen LogP contribution < -0.4 is 5.32 Å². The van der Waals surface area contributed by atoms with Gasteiger partial charge in [-0.15, -0.1) is 0 Å². The average Bonchev–Trinajstić information content (AvgIpc) is 2.72. The van der Waals surface area contributed by atoms with E-state index >= 15 is 0 Å². The van der Waals surface area contributed by atoms with E-state index in [-0.39, 0.29) is 12.5 Å². The van der Waals surface area contributed by atoms with E-state index in [9.17, 15) is 9.90 Å². The fourth-order valence-electron chi connectivity index (χ4n) is 3.03. The largest absolute Gasteiger partial charge is 0.466 e. The summed E-state index contributed by atoms with van der Waals surface area (Å²) in [6.07, 6.45) is 1.84. The summed E-state index contributed by atoms with van der Waals surface area (Å²) >= 11 is 0. The maximum atomic E-state index is 12.2. The number of carbonyl (C=O) groups excluding carboxylic acids is 1. The molecule has 0 saturated carbocycles. The molecule has 5 heteroatoms. The number of hydrogen-bond donors (Lipinski definition) is 2. The number of hydrogen-bond acceptors (Lipinski definition) is 4. The van der Waals surface area contributed by atoms with Crippen molar-refractivity contribution < 1.29 is 14.3 Å². The molecular weight excluding hydrogens is 280 g/mol. The van der Waals surface area contributed by atoms with Crippen molar-refractivity contribution in [1.82, 2.24) is 10.2 Å². The number of aliphatic hydroxyl groups excluding tert-OH is 1. The molecule has 1 aliphatic rings. The molecule has 0 aromatic carbocycles. The van der Waals surface area contributed by atoms with Gasteiger partial charge < -0.3 is 19.7 Å². The van der Waals surface area contributed by atoms with Crippen molar-refractivity contribution in [2.75, 3.05) is 26.2 Å². The Morgan fingerprint density at radius 2 is 1.95 bits per heavy atom. The van der Waals surface area contributed by atoms with E-state index in [2.05, 4.69) is 17.1 Å². The predicted molar refractivity (Wildman–Crippen MR) is 86.1 cm³/mol. The molecule has 2 heterocycles. The minimum Gasteiger partial charge on any atom is -0.466 e. The zero-order chi connectivity index (χ0) is 16.3. The second-order valence-corrected chi connectivity index (χ2v) is 6.56. The molecule has 2 N–H and O–H groups in total. The first-order valence-corrected chi connectivity index (χ1v) is 8.13. The maximum absolute atomic E-state index is 12.2. The normalized spacial score (nSPS) is 18.4. The number of amides is 1. The lowest BCUT2D eigenvalue weighted by atomic mass is 9.99. The molecule has 1 saturated heterocycles. The van der Waals surface area contributed by atoms with Crippen LogP contribution in [0.3, 0.4) is 0 Å². The molecule has 5 nitrogen and oxygen atoms in total. The minimum absolute atomic E-state index is 0.168. The van der Waals surface area contributed by atoms with Crippen molar-refractivity contribution in [3.8, 4) is 0 Å². The van der Waals surface area contributed by atoms with Gasteiger partial charge in [-0.25, -0.2) is 0 Å². The van der Waals surface area contributed by atoms with E-state index in [0.29, 0.717) is 17.9 Å². The maximum Gasteiger partial charge on any atom is 0.255 e. The number of rotatable bonds is 5. The second-order valence-electron chi connectivity index (χ2n) is 6.56. The van der Waals surface area contributed by atoms with Crippen LogP contribution in [-0.4, -0.2) is 48.2 Å². The third kappa shape index (κ3) is 4.11. The number of nitrogens with one attached hydrogen (secondary N) is 1. The zero-order valence-electron chi connectivity index (χ0n) is 14.1. The Morgan fingerprint density at radius 3 is 2.50 bits per heavy atom. The summed E-state index contributed by atoms with van der Waals surface area (Å²) in [4.78, 5) is 14.5. The molecule has 0 radical (unpaired) electrons. The van der Waals surface area contributed by atoms with Gasteiger partial charge in [-0.1, -0.05) is 6.92 Å². The molecule has 1 aliphatic heterocycles. The molecule has 1 unspecified atom stereocenters. The van der Waals surface area contributed by atoms with Crippen LogP contribution in [0.15, 0.2) is 4.42 Å². The number of carbonyl (C=O) groups is 1. The van der Waals surface area contributed by atoms with Crippen LogP contribution in [0.5, 0.6) is 0 Å². The average molecular weight is 308 g/mol. The third-order valence-electron chi connectivity index (χ3n) is 4.63. The smallest absolute Gasteiger partial charge is 0.255 e. The minimum atomic E-state index is -0.536. The molecule has 2 rings (SSSR count). The summed E-state index contributed by atoms with van der Waals surface area (Å²) in [6, 6.07) is 0. The van der Waals surface area contributed by atoms with Gasteiger partial charge in [0.15, 0.2) is 0 Å². The van der Waals surface area contributed by atoms with Crippen molar-refractivity contribution in [1.29, 1.82) is 0 Å². The SMILES string of the molecule is Cc1oc(C)c(C(=O)NCC(O)CN2CCC(C)CC2)c1C. The Morgan fingerprint density at radius 1 is 1.32 bits per heavy atom. The predicted octanol–water partition coefficient (Wildman–Crippen LogP) is 2.03. The molecular formula is C17H28N2O3. The highest BCUT2D eigenvalue weighted by atomic mass is 16.3. The highest BCUT2D eigenvalue weighted by Gasteiger charge is 2.21. The molecule has 1 aromatic rings. The van der Waals surface area contributed by atoms with Crippen LogP contribution in [0.4, 0.5) is 0 Å². The third-order valence-corrected chi connectivity index (χ3v) is 4.63. The summed E-state index contributed by atoms with van der Waals surface area (Å²) in [5, 5.41) is 12.9. The molecule has 1 fully saturated rings. The van der Waals surface area contributed by atoms with Gasteiger partial charge in [-0.05, 0) is 52.6 Å². The fraction of sp³-hybridized carbons (Fsp3) is 0.706. The van der Waals surface area contributed by atoms with E-state index < -0.39 is 6.10 Å². The van der Waals surface area contributed by atoms with Crippen LogP contribution in [0, 0.1) is 26.7 Å². The Hall–Kier alpha value is -1.33. The number of β-amino-alcohol motifs (C(OH)–C–C–N with tert-alkyl or cyclic N) is 1. The number of likely N-dealkylation sites (tertiary alicyclic amines) is 1. The van der Waals surface area contributed by atoms with Crippen molar-refractivity contribution in [3.05, 3.63) is 22.6 Å². The van der Waals surface area contributed by atoms with Crippen molar-refractivity contribution in [3.63, 3.8) is 0 Å². The Labute approximate surface area is 132 Å². The summed E-state index contributed by atoms with van der Waals surface area (Å²) in [5.74, 6) is 2.01. The lowest BCUT2D eigenvalue weighted by Gasteiger charge is -2.31. The quantitative estimate of drug-likeness (QED) is 0.873. The highest BCUT2D eigenvalue weighted by molar-refractivity contribution is 5.96. The molecule has 0 bridgehead atoms. The molecule has 1 aromatic heterocycles. The molecule has 0 spiro atoms. The molecule has 1 amide bonds. The van der Waals surface area contributed by atoms with Crippen LogP contribution in [-0.2, 0) is 0 Å². The van der Waals surface area contributed by atoms with E-state index in [1.54, 1.807) is 6.92 Å². The second kappa shape index (κ2) is 7.29. The van der Waals surface area contributed by atoms with E-state index in [0.717, 1.165) is 30.3 Å². The van der Waals surface area contributed by atoms with E-state index in [4.69, 9.17) is 4.42 Å². The lowest BCUT2D eigenvalue weighted by molar-refractivity contribution is 0.0794. The van der Waals surface area contributed by atoms with Gasteiger partial charge in [0, 0.05) is 18.7 Å². The molecule has 22 heavy (non-hydrogen) atoms. The summed E-state index contributed by atoms with van der Waals surface area (Å²) in [5.41, 5.74) is 1.46. The number of piperidine rings is 1. The summed E-state index contributed by atoms with van der Waals surface area (Å²) in [7, 11) is 0. The first kappa shape index (κ1) is 17.0. The van der Waals surface area contributed by atoms with E-state index in [1.165, 1.54) is 12.8 Å². The van der Waals surface area contributed by atoms with Crippen molar-refractivity contribution in [2.45, 2.75) is 46.6 Å². The van der Waals surface area contributed by atoms with Gasteiger partial charge >= 0.3 is 0 Å². The first-order chi connectivity index (χ1) is 10.4. The first-order valence-electron chi connectivity index (χ1n) is 8.13. The lowest BCUT2D eigenvalue weighted by Crippen LogP contribution is -2.43. The zero-order valence-corrected chi connectivity index (χ0v) is 14.1. The van der Waals surface area contributed by atoms with Gasteiger partial charge in [-0.3, -0.25) is 4.79 Å². The number of nitrogens with zero attached hydrogens (tertiary/aromatic N) is 1. The van der Waals surface area contributed by atoms with Crippen molar-refractivity contribution >= 4 is 5.91 Å². The Bertz CT molecular complexity index is 516. The van der Waals surface area contributed by atoms with Gasteiger partial charge in [0.1, 0.15) is 11.5 Å².